The van der Waals surface area contributed by atoms with Crippen molar-refractivity contribution in [3.8, 4) is 5.75 Å². The molecule has 1 N–H and O–H groups in total. The summed E-state index contributed by atoms with van der Waals surface area (Å²) in [4.78, 5) is 10.8. The maximum Gasteiger partial charge on any atom is 0.311 e. The highest BCUT2D eigenvalue weighted by Crippen LogP contribution is 2.23. The summed E-state index contributed by atoms with van der Waals surface area (Å²) in [5.74, 6) is 0.604. The average molecular weight is 216 g/mol. The van der Waals surface area contributed by atoms with Gasteiger partial charge >= 0.3 is 5.97 Å². The third kappa shape index (κ3) is 2.70. The topological polar surface area (TPSA) is 55.0 Å². The molecular weight excluding hydrogens is 204 g/mol. The highest BCUT2D eigenvalue weighted by atomic mass is 16.5. The summed E-state index contributed by atoms with van der Waals surface area (Å²) >= 11 is 0. The lowest BCUT2D eigenvalue weighted by Gasteiger charge is -2.13. The van der Waals surface area contributed by atoms with Gasteiger partial charge in [0, 0.05) is 12.4 Å². The van der Waals surface area contributed by atoms with E-state index in [4.69, 9.17) is 4.74 Å². The number of carbonyl (C=O) groups is 1. The lowest BCUT2D eigenvalue weighted by atomic mass is 10.1. The summed E-state index contributed by atoms with van der Waals surface area (Å²) in [6, 6.07) is 9.48. The van der Waals surface area contributed by atoms with E-state index in [9.17, 15) is 4.79 Å². The van der Waals surface area contributed by atoms with E-state index in [1.54, 1.807) is 12.4 Å². The second kappa shape index (κ2) is 5.11. The first-order valence-corrected chi connectivity index (χ1v) is 5.08. The number of ether oxygens (including phenoxy) is 1. The van der Waals surface area contributed by atoms with Crippen molar-refractivity contribution in [3.63, 3.8) is 0 Å². The van der Waals surface area contributed by atoms with Gasteiger partial charge in [0.2, 0.25) is 0 Å². The maximum atomic E-state index is 10.8. The Kier molecular flexibility index (Phi) is 3.33. The number of fused-ring (bicyclic) bond motifs is 1. The number of aryl methyl sites for hydroxylation is 1. The normalized spacial score (nSPS) is 13.1. The Morgan fingerprint density at radius 3 is 2.75 bits per heavy atom. The molecule has 1 aliphatic rings. The van der Waals surface area contributed by atoms with Crippen LogP contribution in [0.2, 0.25) is 0 Å². The van der Waals surface area contributed by atoms with Gasteiger partial charge in [0.05, 0.1) is 6.42 Å². The number of aromatic amines is 1. The molecule has 0 aliphatic carbocycles. The van der Waals surface area contributed by atoms with E-state index in [1.165, 1.54) is 0 Å². The van der Waals surface area contributed by atoms with Gasteiger partial charge < -0.3 is 4.74 Å². The van der Waals surface area contributed by atoms with Gasteiger partial charge in [-0.3, -0.25) is 9.89 Å². The smallest absolute Gasteiger partial charge is 0.311 e. The quantitative estimate of drug-likeness (QED) is 0.541. The van der Waals surface area contributed by atoms with Gasteiger partial charge in [-0.2, -0.15) is 5.10 Å². The first kappa shape index (κ1) is 10.4. The van der Waals surface area contributed by atoms with Crippen LogP contribution in [0, 0.1) is 0 Å². The number of carbonyl (C=O) groups excluding carboxylic acids is 1. The number of rotatable bonds is 0. The Bertz CT molecular complexity index is 435. The molecule has 2 aromatic rings. The van der Waals surface area contributed by atoms with Crippen LogP contribution in [-0.2, 0) is 11.2 Å². The molecule has 0 atom stereocenters. The molecule has 1 aromatic heterocycles. The first-order valence-electron chi connectivity index (χ1n) is 5.08. The number of esters is 1. The van der Waals surface area contributed by atoms with Crippen LogP contribution in [0.5, 0.6) is 5.75 Å². The summed E-state index contributed by atoms with van der Waals surface area (Å²) in [6.45, 7) is 0. The van der Waals surface area contributed by atoms with Crippen molar-refractivity contribution >= 4 is 5.97 Å². The third-order valence-electron chi connectivity index (χ3n) is 2.20. The van der Waals surface area contributed by atoms with Gasteiger partial charge in [0.1, 0.15) is 5.75 Å². The van der Waals surface area contributed by atoms with Crippen molar-refractivity contribution in [2.45, 2.75) is 12.8 Å². The van der Waals surface area contributed by atoms with Crippen LogP contribution in [-0.4, -0.2) is 16.2 Å². The minimum atomic E-state index is -0.122. The molecule has 4 nitrogen and oxygen atoms in total. The number of aromatic nitrogens is 2. The van der Waals surface area contributed by atoms with Gasteiger partial charge in [-0.25, -0.2) is 0 Å². The van der Waals surface area contributed by atoms with E-state index in [0.717, 1.165) is 17.7 Å². The summed E-state index contributed by atoms with van der Waals surface area (Å²) < 4.78 is 4.99. The van der Waals surface area contributed by atoms with Crippen LogP contribution in [0.4, 0.5) is 0 Å². The van der Waals surface area contributed by atoms with E-state index in [-0.39, 0.29) is 5.97 Å². The highest BCUT2D eigenvalue weighted by molar-refractivity contribution is 5.75. The maximum absolute atomic E-state index is 10.8. The van der Waals surface area contributed by atoms with Crippen molar-refractivity contribution in [1.29, 1.82) is 0 Å². The monoisotopic (exact) mass is 216 g/mol. The lowest BCUT2D eigenvalue weighted by molar-refractivity contribution is -0.135. The Labute approximate surface area is 93.3 Å². The number of H-pyrrole nitrogens is 1. The fourth-order valence-corrected chi connectivity index (χ4v) is 1.44. The van der Waals surface area contributed by atoms with Crippen molar-refractivity contribution in [2.24, 2.45) is 0 Å². The molecule has 4 heteroatoms. The number of nitrogens with zero attached hydrogens (tertiary/aromatic N) is 1. The molecule has 82 valence electrons. The highest BCUT2D eigenvalue weighted by Gasteiger charge is 2.15. The molecule has 16 heavy (non-hydrogen) atoms. The van der Waals surface area contributed by atoms with Gasteiger partial charge in [0.15, 0.2) is 0 Å². The van der Waals surface area contributed by atoms with Crippen molar-refractivity contribution < 1.29 is 9.53 Å². The molecule has 0 amide bonds. The number of hydrogen-bond donors (Lipinski definition) is 1. The van der Waals surface area contributed by atoms with Crippen LogP contribution in [0.3, 0.4) is 0 Å². The average Bonchev–Trinajstić information content (AvgIpc) is 2.87. The van der Waals surface area contributed by atoms with Crippen LogP contribution < -0.4 is 4.74 Å². The van der Waals surface area contributed by atoms with E-state index in [1.807, 2.05) is 30.3 Å². The Balaban J connectivity index is 0.000000162. The van der Waals surface area contributed by atoms with Gasteiger partial charge in [-0.1, -0.05) is 18.2 Å². The van der Waals surface area contributed by atoms with Crippen LogP contribution >= 0.6 is 0 Å². The third-order valence-corrected chi connectivity index (χ3v) is 2.20. The molecule has 0 fully saturated rings. The molecule has 1 aliphatic heterocycles. The van der Waals surface area contributed by atoms with Crippen LogP contribution in [0.15, 0.2) is 42.7 Å². The van der Waals surface area contributed by atoms with Crippen molar-refractivity contribution in [2.75, 3.05) is 0 Å². The van der Waals surface area contributed by atoms with Crippen molar-refractivity contribution in [1.82, 2.24) is 10.2 Å². The van der Waals surface area contributed by atoms with Crippen molar-refractivity contribution in [3.05, 3.63) is 48.3 Å². The molecule has 0 saturated heterocycles. The fraction of sp³-hybridized carbons (Fsp3) is 0.167. The van der Waals surface area contributed by atoms with E-state index in [2.05, 4.69) is 10.2 Å². The Morgan fingerprint density at radius 2 is 2.06 bits per heavy atom. The largest absolute Gasteiger partial charge is 0.426 e. The van der Waals surface area contributed by atoms with Gasteiger partial charge in [-0.15, -0.1) is 0 Å². The van der Waals surface area contributed by atoms with Gasteiger partial charge in [0.25, 0.3) is 0 Å². The number of hydrogen-bond acceptors (Lipinski definition) is 3. The number of para-hydroxylation sites is 1. The Hall–Kier alpha value is -2.10. The zero-order chi connectivity index (χ0) is 11.2. The zero-order valence-corrected chi connectivity index (χ0v) is 8.72. The van der Waals surface area contributed by atoms with E-state index >= 15 is 0 Å². The molecule has 0 unspecified atom stereocenters. The molecule has 1 aromatic carbocycles. The zero-order valence-electron chi connectivity index (χ0n) is 8.72. The minimum Gasteiger partial charge on any atom is -0.426 e. The molecule has 0 saturated carbocycles. The van der Waals surface area contributed by atoms with Crippen LogP contribution in [0.25, 0.3) is 0 Å². The summed E-state index contributed by atoms with van der Waals surface area (Å²) in [5, 5.41) is 6.21. The molecule has 0 spiro atoms. The van der Waals surface area contributed by atoms with E-state index < -0.39 is 0 Å². The number of benzene rings is 1. The molecule has 3 rings (SSSR count). The SMILES string of the molecule is O=C1CCc2ccccc2O1.c1cn[nH]c1. The lowest BCUT2D eigenvalue weighted by Crippen LogP contribution is -2.15. The predicted molar refractivity (Wildman–Crippen MR) is 59.0 cm³/mol. The molecule has 0 bridgehead atoms. The van der Waals surface area contributed by atoms with E-state index in [0.29, 0.717) is 6.42 Å². The van der Waals surface area contributed by atoms with Crippen LogP contribution in [0.1, 0.15) is 12.0 Å². The Morgan fingerprint density at radius 1 is 1.19 bits per heavy atom. The predicted octanol–water partition coefficient (Wildman–Crippen LogP) is 1.95. The minimum absolute atomic E-state index is 0.122. The van der Waals surface area contributed by atoms with Gasteiger partial charge in [-0.05, 0) is 24.1 Å². The summed E-state index contributed by atoms with van der Waals surface area (Å²) in [7, 11) is 0. The first-order chi connectivity index (χ1) is 7.86. The molecule has 0 radical (unpaired) electrons. The standard InChI is InChI=1S/C9H8O2.C3H4N2/c10-9-6-5-7-3-1-2-4-8(7)11-9;1-2-4-5-3-1/h1-4H,5-6H2;1-3H,(H,4,5). The summed E-state index contributed by atoms with van der Waals surface area (Å²) in [6.07, 6.45) is 4.78. The summed E-state index contributed by atoms with van der Waals surface area (Å²) in [5.41, 5.74) is 1.13. The molecule has 2 heterocycles. The second-order valence-electron chi connectivity index (χ2n) is 3.35. The molecular formula is C12H12N2O2. The number of nitrogens with one attached hydrogen (secondary N) is 1. The second-order valence-corrected chi connectivity index (χ2v) is 3.35. The fourth-order valence-electron chi connectivity index (χ4n) is 1.44.